The summed E-state index contributed by atoms with van der Waals surface area (Å²) in [5.74, 6) is 0.972. The molecule has 0 amide bonds. The van der Waals surface area contributed by atoms with Gasteiger partial charge in [-0.05, 0) is 42.8 Å². The molecule has 96 valence electrons. The molecule has 0 spiro atoms. The smallest absolute Gasteiger partial charge is 0.107 e. The second-order valence-electron chi connectivity index (χ2n) is 4.58. The molecule has 4 heteroatoms. The Morgan fingerprint density at radius 2 is 2.00 bits per heavy atom. The average molecular weight is 272 g/mol. The number of rotatable bonds is 2. The normalized spacial score (nSPS) is 11.1. The minimum atomic E-state index is 0.677. The zero-order chi connectivity index (χ0) is 13.4. The van der Waals surface area contributed by atoms with Crippen LogP contribution in [0.15, 0.2) is 42.5 Å². The maximum atomic E-state index is 6.23. The van der Waals surface area contributed by atoms with E-state index in [0.717, 1.165) is 33.1 Å². The summed E-state index contributed by atoms with van der Waals surface area (Å²) in [6, 6.07) is 13.6. The first-order chi connectivity index (χ1) is 9.15. The molecule has 0 radical (unpaired) electrons. The monoisotopic (exact) mass is 271 g/mol. The summed E-state index contributed by atoms with van der Waals surface area (Å²) in [5, 5.41) is 0.728. The van der Waals surface area contributed by atoms with Crippen LogP contribution in [0.5, 0.6) is 0 Å². The van der Waals surface area contributed by atoms with E-state index >= 15 is 0 Å². The molecule has 0 saturated heterocycles. The number of aryl methyl sites for hydroxylation is 1. The molecule has 1 aromatic heterocycles. The van der Waals surface area contributed by atoms with Crippen molar-refractivity contribution in [2.75, 3.05) is 5.73 Å². The molecule has 1 heterocycles. The molecule has 3 aromatic rings. The Morgan fingerprint density at radius 3 is 2.84 bits per heavy atom. The highest BCUT2D eigenvalue weighted by Crippen LogP contribution is 2.23. The van der Waals surface area contributed by atoms with Crippen molar-refractivity contribution in [3.8, 4) is 0 Å². The molecule has 3 rings (SSSR count). The number of fused-ring (bicyclic) bond motifs is 1. The lowest BCUT2D eigenvalue weighted by Gasteiger charge is -2.09. The molecule has 2 aromatic carbocycles. The fraction of sp³-hybridized carbons (Fsp3) is 0.133. The third-order valence-corrected chi connectivity index (χ3v) is 3.61. The molecule has 0 aliphatic rings. The molecule has 0 aliphatic heterocycles. The Labute approximate surface area is 116 Å². The summed E-state index contributed by atoms with van der Waals surface area (Å²) in [5.41, 5.74) is 9.66. The second-order valence-corrected chi connectivity index (χ2v) is 4.99. The van der Waals surface area contributed by atoms with Gasteiger partial charge in [0.2, 0.25) is 0 Å². The largest absolute Gasteiger partial charge is 0.399 e. The molecule has 3 nitrogen and oxygen atoms in total. The van der Waals surface area contributed by atoms with Crippen molar-refractivity contribution in [1.29, 1.82) is 0 Å². The van der Waals surface area contributed by atoms with Crippen LogP contribution in [0, 0.1) is 6.92 Å². The lowest BCUT2D eigenvalue weighted by atomic mass is 10.2. The zero-order valence-corrected chi connectivity index (χ0v) is 11.4. The summed E-state index contributed by atoms with van der Waals surface area (Å²) in [7, 11) is 0. The van der Waals surface area contributed by atoms with E-state index in [1.54, 1.807) is 0 Å². The molecule has 19 heavy (non-hydrogen) atoms. The van der Waals surface area contributed by atoms with Crippen LogP contribution in [0.4, 0.5) is 5.69 Å². The van der Waals surface area contributed by atoms with Gasteiger partial charge in [0.1, 0.15) is 5.82 Å². The number of para-hydroxylation sites is 2. The van der Waals surface area contributed by atoms with Crippen LogP contribution in [-0.4, -0.2) is 9.55 Å². The van der Waals surface area contributed by atoms with Crippen molar-refractivity contribution in [3.05, 3.63) is 58.9 Å². The van der Waals surface area contributed by atoms with E-state index in [-0.39, 0.29) is 0 Å². The number of nitrogens with two attached hydrogens (primary N) is 1. The fourth-order valence-electron chi connectivity index (χ4n) is 2.28. The van der Waals surface area contributed by atoms with Crippen molar-refractivity contribution < 1.29 is 0 Å². The van der Waals surface area contributed by atoms with Crippen LogP contribution in [-0.2, 0) is 6.54 Å². The third kappa shape index (κ3) is 2.17. The number of benzene rings is 2. The van der Waals surface area contributed by atoms with E-state index < -0.39 is 0 Å². The SMILES string of the molecule is Cc1nc2ccccc2n1Cc1cc(N)ccc1Cl. The molecule has 0 saturated carbocycles. The van der Waals surface area contributed by atoms with Crippen molar-refractivity contribution in [3.63, 3.8) is 0 Å². The number of nitrogen functional groups attached to an aromatic ring is 1. The van der Waals surface area contributed by atoms with Gasteiger partial charge < -0.3 is 10.3 Å². The first kappa shape index (κ1) is 12.1. The highest BCUT2D eigenvalue weighted by molar-refractivity contribution is 6.31. The standard InChI is InChI=1S/C15H14ClN3/c1-10-18-14-4-2-3-5-15(14)19(10)9-11-8-12(17)6-7-13(11)16/h2-8H,9,17H2,1H3. The Hall–Kier alpha value is -2.00. The maximum Gasteiger partial charge on any atom is 0.107 e. The number of anilines is 1. The van der Waals surface area contributed by atoms with Gasteiger partial charge in [0, 0.05) is 10.7 Å². The van der Waals surface area contributed by atoms with E-state index in [9.17, 15) is 0 Å². The number of nitrogens with zero attached hydrogens (tertiary/aromatic N) is 2. The number of aromatic nitrogens is 2. The summed E-state index contributed by atoms with van der Waals surface area (Å²) < 4.78 is 2.15. The van der Waals surface area contributed by atoms with Gasteiger partial charge >= 0.3 is 0 Å². The minimum absolute atomic E-state index is 0.677. The first-order valence-electron chi connectivity index (χ1n) is 6.11. The Kier molecular flexibility index (Phi) is 2.91. The molecule has 0 unspecified atom stereocenters. The lowest BCUT2D eigenvalue weighted by Crippen LogP contribution is -2.03. The quantitative estimate of drug-likeness (QED) is 0.724. The highest BCUT2D eigenvalue weighted by atomic mass is 35.5. The van der Waals surface area contributed by atoms with Gasteiger partial charge in [-0.1, -0.05) is 23.7 Å². The van der Waals surface area contributed by atoms with E-state index in [2.05, 4.69) is 15.6 Å². The van der Waals surface area contributed by atoms with Crippen LogP contribution in [0.3, 0.4) is 0 Å². The average Bonchev–Trinajstić information content (AvgIpc) is 2.71. The van der Waals surface area contributed by atoms with Crippen molar-refractivity contribution in [2.45, 2.75) is 13.5 Å². The zero-order valence-electron chi connectivity index (χ0n) is 10.6. The number of imidazole rings is 1. The molecule has 0 bridgehead atoms. The molecule has 0 aliphatic carbocycles. The summed E-state index contributed by atoms with van der Waals surface area (Å²) in [6.07, 6.45) is 0. The second kappa shape index (κ2) is 4.59. The van der Waals surface area contributed by atoms with Gasteiger partial charge in [0.15, 0.2) is 0 Å². The van der Waals surface area contributed by atoms with Gasteiger partial charge in [-0.2, -0.15) is 0 Å². The molecular formula is C15H14ClN3. The molecule has 0 fully saturated rings. The predicted molar refractivity (Wildman–Crippen MR) is 79.4 cm³/mol. The van der Waals surface area contributed by atoms with Crippen molar-refractivity contribution in [2.24, 2.45) is 0 Å². The van der Waals surface area contributed by atoms with E-state index in [1.165, 1.54) is 0 Å². The molecular weight excluding hydrogens is 258 g/mol. The first-order valence-corrected chi connectivity index (χ1v) is 6.49. The molecule has 0 atom stereocenters. The van der Waals surface area contributed by atoms with E-state index in [0.29, 0.717) is 6.54 Å². The number of hydrogen-bond donors (Lipinski definition) is 1. The van der Waals surface area contributed by atoms with Gasteiger partial charge in [0.25, 0.3) is 0 Å². The molecule has 2 N–H and O–H groups in total. The van der Waals surface area contributed by atoms with E-state index in [4.69, 9.17) is 17.3 Å². The maximum absolute atomic E-state index is 6.23. The predicted octanol–water partition coefficient (Wildman–Crippen LogP) is 3.63. The lowest BCUT2D eigenvalue weighted by molar-refractivity contribution is 0.786. The summed E-state index contributed by atoms with van der Waals surface area (Å²) >= 11 is 6.23. The Morgan fingerprint density at radius 1 is 1.21 bits per heavy atom. The Bertz CT molecular complexity index is 746. The fourth-order valence-corrected chi connectivity index (χ4v) is 2.46. The van der Waals surface area contributed by atoms with Gasteiger partial charge in [-0.25, -0.2) is 4.98 Å². The van der Waals surface area contributed by atoms with Crippen molar-refractivity contribution in [1.82, 2.24) is 9.55 Å². The number of halogens is 1. The topological polar surface area (TPSA) is 43.8 Å². The third-order valence-electron chi connectivity index (χ3n) is 3.24. The number of hydrogen-bond acceptors (Lipinski definition) is 2. The van der Waals surface area contributed by atoms with Crippen LogP contribution in [0.25, 0.3) is 11.0 Å². The minimum Gasteiger partial charge on any atom is -0.399 e. The van der Waals surface area contributed by atoms with E-state index in [1.807, 2.05) is 43.3 Å². The van der Waals surface area contributed by atoms with Crippen LogP contribution in [0.2, 0.25) is 5.02 Å². The Balaban J connectivity index is 2.10. The van der Waals surface area contributed by atoms with Crippen molar-refractivity contribution >= 4 is 28.3 Å². The summed E-state index contributed by atoms with van der Waals surface area (Å²) in [6.45, 7) is 2.68. The van der Waals surface area contributed by atoms with Gasteiger partial charge in [-0.15, -0.1) is 0 Å². The van der Waals surface area contributed by atoms with Gasteiger partial charge in [0.05, 0.1) is 17.6 Å². The van der Waals surface area contributed by atoms with Crippen LogP contribution in [0.1, 0.15) is 11.4 Å². The van der Waals surface area contributed by atoms with Crippen LogP contribution < -0.4 is 5.73 Å². The highest BCUT2D eigenvalue weighted by Gasteiger charge is 2.09. The summed E-state index contributed by atoms with van der Waals surface area (Å²) in [4.78, 5) is 4.55. The van der Waals surface area contributed by atoms with Gasteiger partial charge in [-0.3, -0.25) is 0 Å². The van der Waals surface area contributed by atoms with Crippen LogP contribution >= 0.6 is 11.6 Å².